The zero-order valence-corrected chi connectivity index (χ0v) is 14.7. The van der Waals surface area contributed by atoms with Crippen molar-refractivity contribution in [3.05, 3.63) is 66.1 Å². The Balaban J connectivity index is 1.76. The molecule has 7 heteroatoms. The number of ether oxygens (including phenoxy) is 1. The van der Waals surface area contributed by atoms with Crippen molar-refractivity contribution in [1.29, 1.82) is 0 Å². The lowest BCUT2D eigenvalue weighted by Gasteiger charge is -2.10. The van der Waals surface area contributed by atoms with E-state index in [2.05, 4.69) is 9.71 Å². The highest BCUT2D eigenvalue weighted by Crippen LogP contribution is 2.22. The van der Waals surface area contributed by atoms with Gasteiger partial charge in [-0.25, -0.2) is 13.1 Å². The lowest BCUT2D eigenvalue weighted by atomic mass is 10.2. The van der Waals surface area contributed by atoms with Crippen molar-refractivity contribution in [3.8, 4) is 17.2 Å². The number of sulfonamides is 1. The SMILES string of the molecule is COc1ccc(S(=O)(=O)NCc2ccnc(-c3ccco3)c2)cc1C. The molecule has 0 radical (unpaired) electrons. The van der Waals surface area contributed by atoms with Crippen LogP contribution >= 0.6 is 0 Å². The van der Waals surface area contributed by atoms with E-state index in [0.717, 1.165) is 11.1 Å². The van der Waals surface area contributed by atoms with Crippen LogP contribution in [-0.2, 0) is 16.6 Å². The van der Waals surface area contributed by atoms with E-state index in [1.54, 1.807) is 62.9 Å². The zero-order valence-electron chi connectivity index (χ0n) is 13.9. The Morgan fingerprint density at radius 3 is 2.72 bits per heavy atom. The summed E-state index contributed by atoms with van der Waals surface area (Å²) < 4.78 is 38.0. The summed E-state index contributed by atoms with van der Waals surface area (Å²) in [6.45, 7) is 1.96. The van der Waals surface area contributed by atoms with Crippen molar-refractivity contribution < 1.29 is 17.6 Å². The van der Waals surface area contributed by atoms with E-state index in [1.807, 2.05) is 0 Å². The number of hydrogen-bond donors (Lipinski definition) is 1. The van der Waals surface area contributed by atoms with Gasteiger partial charge in [-0.3, -0.25) is 4.98 Å². The molecule has 0 spiro atoms. The summed E-state index contributed by atoms with van der Waals surface area (Å²) in [5, 5.41) is 0. The molecule has 1 N–H and O–H groups in total. The standard InChI is InChI=1S/C18H18N2O4S/c1-13-10-15(5-6-17(13)23-2)25(21,22)20-12-14-7-8-19-16(11-14)18-4-3-9-24-18/h3-11,20H,12H2,1-2H3. The lowest BCUT2D eigenvalue weighted by molar-refractivity contribution is 0.411. The summed E-state index contributed by atoms with van der Waals surface area (Å²) >= 11 is 0. The first kappa shape index (κ1) is 17.2. The molecule has 0 saturated heterocycles. The van der Waals surface area contributed by atoms with Crippen molar-refractivity contribution in [2.24, 2.45) is 0 Å². The fourth-order valence-corrected chi connectivity index (χ4v) is 3.53. The maximum absolute atomic E-state index is 12.5. The van der Waals surface area contributed by atoms with Crippen molar-refractivity contribution in [2.45, 2.75) is 18.4 Å². The highest BCUT2D eigenvalue weighted by atomic mass is 32.2. The average Bonchev–Trinajstić information content (AvgIpc) is 3.15. The number of nitrogens with one attached hydrogen (secondary N) is 1. The van der Waals surface area contributed by atoms with Crippen molar-refractivity contribution in [3.63, 3.8) is 0 Å². The van der Waals surface area contributed by atoms with Gasteiger partial charge in [-0.2, -0.15) is 0 Å². The van der Waals surface area contributed by atoms with E-state index in [4.69, 9.17) is 9.15 Å². The second-order valence-electron chi connectivity index (χ2n) is 5.48. The summed E-state index contributed by atoms with van der Waals surface area (Å²) in [5.41, 5.74) is 2.20. The molecular weight excluding hydrogens is 340 g/mol. The summed E-state index contributed by atoms with van der Waals surface area (Å²) in [6, 6.07) is 11.9. The molecule has 1 aromatic carbocycles. The number of furan rings is 1. The number of rotatable bonds is 6. The van der Waals surface area contributed by atoms with Crippen LogP contribution in [-0.4, -0.2) is 20.5 Å². The summed E-state index contributed by atoms with van der Waals surface area (Å²) in [6.07, 6.45) is 3.19. The molecule has 3 aromatic rings. The summed E-state index contributed by atoms with van der Waals surface area (Å²) in [5.74, 6) is 1.28. The molecule has 130 valence electrons. The van der Waals surface area contributed by atoms with Gasteiger partial charge in [0.1, 0.15) is 11.4 Å². The van der Waals surface area contributed by atoms with Crippen LogP contribution in [0.2, 0.25) is 0 Å². The summed E-state index contributed by atoms with van der Waals surface area (Å²) in [4.78, 5) is 4.43. The first-order valence-corrected chi connectivity index (χ1v) is 9.11. The monoisotopic (exact) mass is 358 g/mol. The third kappa shape index (κ3) is 3.89. The second-order valence-corrected chi connectivity index (χ2v) is 7.25. The van der Waals surface area contributed by atoms with Crippen molar-refractivity contribution in [1.82, 2.24) is 9.71 Å². The Morgan fingerprint density at radius 1 is 1.20 bits per heavy atom. The molecule has 0 saturated carbocycles. The van der Waals surface area contributed by atoms with Gasteiger partial charge in [-0.05, 0) is 60.5 Å². The van der Waals surface area contributed by atoms with Gasteiger partial charge < -0.3 is 9.15 Å². The Hall–Kier alpha value is -2.64. The van der Waals surface area contributed by atoms with Gasteiger partial charge in [0.25, 0.3) is 0 Å². The number of hydrogen-bond acceptors (Lipinski definition) is 5. The molecule has 0 unspecified atom stereocenters. The van der Waals surface area contributed by atoms with Gasteiger partial charge in [-0.15, -0.1) is 0 Å². The second kappa shape index (κ2) is 7.08. The van der Waals surface area contributed by atoms with Crippen LogP contribution < -0.4 is 9.46 Å². The van der Waals surface area contributed by atoms with Gasteiger partial charge in [0, 0.05) is 12.7 Å². The number of benzene rings is 1. The molecular formula is C18H18N2O4S. The van der Waals surface area contributed by atoms with E-state index in [1.165, 1.54) is 6.07 Å². The van der Waals surface area contributed by atoms with Gasteiger partial charge in [0.15, 0.2) is 5.76 Å². The normalized spacial score (nSPS) is 11.4. The minimum absolute atomic E-state index is 0.156. The first-order valence-electron chi connectivity index (χ1n) is 7.63. The van der Waals surface area contributed by atoms with Crippen LogP contribution in [0.25, 0.3) is 11.5 Å². The zero-order chi connectivity index (χ0) is 17.9. The fourth-order valence-electron chi connectivity index (χ4n) is 2.42. The maximum atomic E-state index is 12.5. The third-order valence-electron chi connectivity index (χ3n) is 3.74. The molecule has 0 amide bonds. The molecule has 0 fully saturated rings. The van der Waals surface area contributed by atoms with Crippen LogP contribution in [0.5, 0.6) is 5.75 Å². The maximum Gasteiger partial charge on any atom is 0.240 e. The van der Waals surface area contributed by atoms with Gasteiger partial charge >= 0.3 is 0 Å². The van der Waals surface area contributed by atoms with Crippen LogP contribution in [0.1, 0.15) is 11.1 Å². The van der Waals surface area contributed by atoms with Crippen LogP contribution in [0.3, 0.4) is 0 Å². The third-order valence-corrected chi connectivity index (χ3v) is 5.14. The highest BCUT2D eigenvalue weighted by molar-refractivity contribution is 7.89. The Morgan fingerprint density at radius 2 is 2.04 bits per heavy atom. The number of aryl methyl sites for hydroxylation is 1. The topological polar surface area (TPSA) is 81.4 Å². The molecule has 3 rings (SSSR count). The first-order chi connectivity index (χ1) is 12.0. The Kier molecular flexibility index (Phi) is 4.87. The molecule has 6 nitrogen and oxygen atoms in total. The van der Waals surface area contributed by atoms with Crippen molar-refractivity contribution >= 4 is 10.0 Å². The molecule has 0 bridgehead atoms. The van der Waals surface area contributed by atoms with Crippen LogP contribution in [0, 0.1) is 6.92 Å². The summed E-state index contributed by atoms with van der Waals surface area (Å²) in [7, 11) is -2.07. The van der Waals surface area contributed by atoms with E-state index in [0.29, 0.717) is 17.2 Å². The molecule has 2 heterocycles. The predicted molar refractivity (Wildman–Crippen MR) is 93.7 cm³/mol. The quantitative estimate of drug-likeness (QED) is 0.732. The van der Waals surface area contributed by atoms with E-state index >= 15 is 0 Å². The van der Waals surface area contributed by atoms with Crippen LogP contribution in [0.4, 0.5) is 0 Å². The fraction of sp³-hybridized carbons (Fsp3) is 0.167. The minimum atomic E-state index is -3.62. The van der Waals surface area contributed by atoms with E-state index in [-0.39, 0.29) is 11.4 Å². The van der Waals surface area contributed by atoms with E-state index in [9.17, 15) is 8.42 Å². The van der Waals surface area contributed by atoms with Crippen LogP contribution in [0.15, 0.2) is 64.2 Å². The predicted octanol–water partition coefficient (Wildman–Crippen LogP) is 3.14. The minimum Gasteiger partial charge on any atom is -0.496 e. The molecule has 0 aliphatic heterocycles. The molecule has 0 atom stereocenters. The number of nitrogens with zero attached hydrogens (tertiary/aromatic N) is 1. The number of methoxy groups -OCH3 is 1. The largest absolute Gasteiger partial charge is 0.496 e. The number of aromatic nitrogens is 1. The molecule has 25 heavy (non-hydrogen) atoms. The smallest absolute Gasteiger partial charge is 0.240 e. The lowest BCUT2D eigenvalue weighted by Crippen LogP contribution is -2.23. The molecule has 0 aliphatic rings. The highest BCUT2D eigenvalue weighted by Gasteiger charge is 2.15. The molecule has 2 aromatic heterocycles. The average molecular weight is 358 g/mol. The van der Waals surface area contributed by atoms with Gasteiger partial charge in [0.05, 0.1) is 18.3 Å². The van der Waals surface area contributed by atoms with Crippen molar-refractivity contribution in [2.75, 3.05) is 7.11 Å². The van der Waals surface area contributed by atoms with Gasteiger partial charge in [-0.1, -0.05) is 0 Å². The Bertz CT molecular complexity index is 967. The molecule has 0 aliphatic carbocycles. The Labute approximate surface area is 146 Å². The van der Waals surface area contributed by atoms with E-state index < -0.39 is 10.0 Å². The number of pyridine rings is 1. The van der Waals surface area contributed by atoms with Gasteiger partial charge in [0.2, 0.25) is 10.0 Å².